The second-order valence-corrected chi connectivity index (χ2v) is 7.88. The Morgan fingerprint density at radius 2 is 1.59 bits per heavy atom. The third-order valence-corrected chi connectivity index (χ3v) is 5.03. The van der Waals surface area contributed by atoms with Crippen molar-refractivity contribution >= 4 is 11.6 Å². The summed E-state index contributed by atoms with van der Waals surface area (Å²) >= 11 is 0. The van der Waals surface area contributed by atoms with E-state index in [-0.39, 0.29) is 18.1 Å². The SMILES string of the molecule is Cc1cc(C)c(NC(=O)c2ccc(CN3CC(C)OC(C)C3)cc2)c(C)c1. The van der Waals surface area contributed by atoms with Gasteiger partial charge in [-0.15, -0.1) is 0 Å². The van der Waals surface area contributed by atoms with Gasteiger partial charge >= 0.3 is 0 Å². The van der Waals surface area contributed by atoms with Gasteiger partial charge in [0.05, 0.1) is 12.2 Å². The molecule has 0 radical (unpaired) electrons. The van der Waals surface area contributed by atoms with E-state index in [4.69, 9.17) is 4.74 Å². The first-order chi connectivity index (χ1) is 12.8. The number of nitrogens with one attached hydrogen (secondary N) is 1. The lowest BCUT2D eigenvalue weighted by Crippen LogP contribution is -2.44. The van der Waals surface area contributed by atoms with Crippen molar-refractivity contribution in [3.05, 3.63) is 64.2 Å². The number of benzene rings is 2. The van der Waals surface area contributed by atoms with Gasteiger partial charge in [-0.1, -0.05) is 29.8 Å². The zero-order chi connectivity index (χ0) is 19.6. The maximum atomic E-state index is 12.7. The average molecular weight is 367 g/mol. The minimum atomic E-state index is -0.0646. The van der Waals surface area contributed by atoms with E-state index in [1.807, 2.05) is 26.0 Å². The fourth-order valence-corrected chi connectivity index (χ4v) is 4.00. The lowest BCUT2D eigenvalue weighted by molar-refractivity contribution is -0.0704. The third kappa shape index (κ3) is 4.96. The highest BCUT2D eigenvalue weighted by Gasteiger charge is 2.22. The minimum absolute atomic E-state index is 0.0646. The average Bonchev–Trinajstić information content (AvgIpc) is 2.57. The van der Waals surface area contributed by atoms with Crippen LogP contribution in [0.1, 0.15) is 46.5 Å². The predicted molar refractivity (Wildman–Crippen MR) is 110 cm³/mol. The van der Waals surface area contributed by atoms with Crippen LogP contribution in [0.25, 0.3) is 0 Å². The number of hydrogen-bond donors (Lipinski definition) is 1. The van der Waals surface area contributed by atoms with E-state index in [1.54, 1.807) is 0 Å². The predicted octanol–water partition coefficient (Wildman–Crippen LogP) is 4.47. The Bertz CT molecular complexity index is 781. The van der Waals surface area contributed by atoms with Crippen LogP contribution in [-0.4, -0.2) is 36.1 Å². The van der Waals surface area contributed by atoms with Crippen LogP contribution < -0.4 is 5.32 Å². The number of nitrogens with zero attached hydrogens (tertiary/aromatic N) is 1. The molecule has 2 aromatic carbocycles. The van der Waals surface area contributed by atoms with Gasteiger partial charge < -0.3 is 10.1 Å². The smallest absolute Gasteiger partial charge is 0.255 e. The van der Waals surface area contributed by atoms with Crippen molar-refractivity contribution in [2.24, 2.45) is 0 Å². The molecule has 3 rings (SSSR count). The zero-order valence-corrected chi connectivity index (χ0v) is 17.0. The van der Waals surface area contributed by atoms with E-state index in [1.165, 1.54) is 11.1 Å². The van der Waals surface area contributed by atoms with Crippen molar-refractivity contribution in [3.8, 4) is 0 Å². The molecule has 1 heterocycles. The molecule has 1 amide bonds. The Labute approximate surface area is 162 Å². The van der Waals surface area contributed by atoms with Crippen LogP contribution in [0.4, 0.5) is 5.69 Å². The molecule has 144 valence electrons. The normalized spacial score (nSPS) is 20.5. The highest BCUT2D eigenvalue weighted by atomic mass is 16.5. The number of morpholine rings is 1. The Kier molecular flexibility index (Phi) is 5.98. The largest absolute Gasteiger partial charge is 0.373 e. The second-order valence-electron chi connectivity index (χ2n) is 7.88. The molecule has 2 atom stereocenters. The van der Waals surface area contributed by atoms with Crippen molar-refractivity contribution in [2.75, 3.05) is 18.4 Å². The first kappa shape index (κ1) is 19.6. The quantitative estimate of drug-likeness (QED) is 0.868. The first-order valence-electron chi connectivity index (χ1n) is 9.68. The highest BCUT2D eigenvalue weighted by molar-refractivity contribution is 6.05. The Hall–Kier alpha value is -2.17. The number of anilines is 1. The van der Waals surface area contributed by atoms with Gasteiger partial charge in [0, 0.05) is 30.9 Å². The van der Waals surface area contributed by atoms with Gasteiger partial charge in [-0.3, -0.25) is 9.69 Å². The van der Waals surface area contributed by atoms with Gasteiger partial charge in [-0.25, -0.2) is 0 Å². The first-order valence-corrected chi connectivity index (χ1v) is 9.68. The molecule has 4 nitrogen and oxygen atoms in total. The van der Waals surface area contributed by atoms with Crippen LogP contribution >= 0.6 is 0 Å². The molecular weight excluding hydrogens is 336 g/mol. The molecule has 2 aromatic rings. The lowest BCUT2D eigenvalue weighted by Gasteiger charge is -2.35. The molecule has 0 aromatic heterocycles. The highest BCUT2D eigenvalue weighted by Crippen LogP contribution is 2.23. The van der Waals surface area contributed by atoms with E-state index >= 15 is 0 Å². The van der Waals surface area contributed by atoms with Gasteiger partial charge in [0.1, 0.15) is 0 Å². The second kappa shape index (κ2) is 8.24. The summed E-state index contributed by atoms with van der Waals surface area (Å²) in [5.74, 6) is -0.0646. The number of carbonyl (C=O) groups excluding carboxylic acids is 1. The summed E-state index contributed by atoms with van der Waals surface area (Å²) < 4.78 is 5.79. The molecule has 0 bridgehead atoms. The Morgan fingerprint density at radius 3 is 2.15 bits per heavy atom. The Morgan fingerprint density at radius 1 is 1.04 bits per heavy atom. The summed E-state index contributed by atoms with van der Waals surface area (Å²) in [6, 6.07) is 12.1. The molecule has 1 aliphatic rings. The van der Waals surface area contributed by atoms with Gasteiger partial charge in [-0.2, -0.15) is 0 Å². The number of aryl methyl sites for hydroxylation is 3. The summed E-state index contributed by atoms with van der Waals surface area (Å²) in [7, 11) is 0. The van der Waals surface area contributed by atoms with E-state index in [0.29, 0.717) is 5.56 Å². The number of hydrogen-bond acceptors (Lipinski definition) is 3. The standard InChI is InChI=1S/C23H30N2O2/c1-15-10-16(2)22(17(3)11-15)24-23(26)21-8-6-20(7-9-21)14-25-12-18(4)27-19(5)13-25/h6-11,18-19H,12-14H2,1-5H3,(H,24,26). The fraction of sp³-hybridized carbons (Fsp3) is 0.435. The molecule has 1 aliphatic heterocycles. The van der Waals surface area contributed by atoms with Crippen LogP contribution in [0.5, 0.6) is 0 Å². The lowest BCUT2D eigenvalue weighted by atomic mass is 10.0. The van der Waals surface area contributed by atoms with Gasteiger partial charge in [0.25, 0.3) is 5.91 Å². The molecule has 27 heavy (non-hydrogen) atoms. The molecule has 0 aliphatic carbocycles. The van der Waals surface area contributed by atoms with Gasteiger partial charge in [0.15, 0.2) is 0 Å². The van der Waals surface area contributed by atoms with Crippen molar-refractivity contribution < 1.29 is 9.53 Å². The topological polar surface area (TPSA) is 41.6 Å². The molecule has 0 spiro atoms. The third-order valence-electron chi connectivity index (χ3n) is 5.03. The van der Waals surface area contributed by atoms with Gasteiger partial charge in [0.2, 0.25) is 0 Å². The molecule has 1 fully saturated rings. The van der Waals surface area contributed by atoms with E-state index in [9.17, 15) is 4.79 Å². The van der Waals surface area contributed by atoms with E-state index in [2.05, 4.69) is 55.3 Å². The maximum Gasteiger partial charge on any atom is 0.255 e. The number of amides is 1. The summed E-state index contributed by atoms with van der Waals surface area (Å²) in [5.41, 5.74) is 6.20. The molecule has 1 saturated heterocycles. The number of rotatable bonds is 4. The zero-order valence-electron chi connectivity index (χ0n) is 17.0. The van der Waals surface area contributed by atoms with Crippen LogP contribution in [0.15, 0.2) is 36.4 Å². The van der Waals surface area contributed by atoms with Crippen LogP contribution in [0.3, 0.4) is 0 Å². The summed E-state index contributed by atoms with van der Waals surface area (Å²) in [5, 5.41) is 3.07. The maximum absolute atomic E-state index is 12.7. The molecule has 2 unspecified atom stereocenters. The van der Waals surface area contributed by atoms with E-state index < -0.39 is 0 Å². The van der Waals surface area contributed by atoms with Crippen LogP contribution in [0.2, 0.25) is 0 Å². The molecule has 1 N–H and O–H groups in total. The monoisotopic (exact) mass is 366 g/mol. The minimum Gasteiger partial charge on any atom is -0.373 e. The molecular formula is C23H30N2O2. The number of ether oxygens (including phenoxy) is 1. The number of carbonyl (C=O) groups is 1. The summed E-state index contributed by atoms with van der Waals surface area (Å²) in [6.45, 7) is 13.1. The van der Waals surface area contributed by atoms with Crippen LogP contribution in [0, 0.1) is 20.8 Å². The van der Waals surface area contributed by atoms with E-state index in [0.717, 1.165) is 36.4 Å². The molecule has 0 saturated carbocycles. The Balaban J connectivity index is 1.66. The van der Waals surface area contributed by atoms with Crippen LogP contribution in [-0.2, 0) is 11.3 Å². The van der Waals surface area contributed by atoms with Crippen molar-refractivity contribution in [1.29, 1.82) is 0 Å². The van der Waals surface area contributed by atoms with Crippen molar-refractivity contribution in [2.45, 2.75) is 53.4 Å². The summed E-state index contributed by atoms with van der Waals surface area (Å²) in [4.78, 5) is 15.1. The summed E-state index contributed by atoms with van der Waals surface area (Å²) in [6.07, 6.45) is 0.527. The van der Waals surface area contributed by atoms with Crippen molar-refractivity contribution in [3.63, 3.8) is 0 Å². The van der Waals surface area contributed by atoms with Gasteiger partial charge in [-0.05, 0) is 63.4 Å². The van der Waals surface area contributed by atoms with Crippen molar-refractivity contribution in [1.82, 2.24) is 4.90 Å². The molecule has 4 heteroatoms. The fourth-order valence-electron chi connectivity index (χ4n) is 4.00.